The van der Waals surface area contributed by atoms with Gasteiger partial charge in [-0.05, 0) is 31.6 Å². The van der Waals surface area contributed by atoms with Gasteiger partial charge in [-0.2, -0.15) is 0 Å². The Morgan fingerprint density at radius 2 is 1.67 bits per heavy atom. The second-order valence-electron chi connectivity index (χ2n) is 6.15. The van der Waals surface area contributed by atoms with Crippen LogP contribution in [0.5, 0.6) is 0 Å². The van der Waals surface area contributed by atoms with Crippen LogP contribution >= 0.6 is 0 Å². The molecule has 2 aliphatic carbocycles. The maximum atomic E-state index is 11.9. The fourth-order valence-corrected chi connectivity index (χ4v) is 3.37. The van der Waals surface area contributed by atoms with Crippen LogP contribution in [0.3, 0.4) is 0 Å². The minimum Gasteiger partial charge on any atom is -0.352 e. The zero-order valence-corrected chi connectivity index (χ0v) is 11.7. The second kappa shape index (κ2) is 7.13. The first-order valence-electron chi connectivity index (χ1n) is 7.78. The highest BCUT2D eigenvalue weighted by atomic mass is 16.1. The molecule has 2 unspecified atom stereocenters. The highest BCUT2D eigenvalue weighted by Gasteiger charge is 2.22. The molecule has 2 N–H and O–H groups in total. The topological polar surface area (TPSA) is 41.1 Å². The zero-order valence-electron chi connectivity index (χ0n) is 11.7. The van der Waals surface area contributed by atoms with Crippen molar-refractivity contribution in [2.24, 2.45) is 5.92 Å². The fraction of sp³-hybridized carbons (Fsp3) is 0.933. The van der Waals surface area contributed by atoms with Crippen molar-refractivity contribution in [2.75, 3.05) is 6.54 Å². The first kappa shape index (κ1) is 13.9. The lowest BCUT2D eigenvalue weighted by Gasteiger charge is -2.30. The van der Waals surface area contributed by atoms with Crippen molar-refractivity contribution in [1.82, 2.24) is 10.6 Å². The maximum Gasteiger partial charge on any atom is 0.234 e. The molecule has 0 aliphatic heterocycles. The van der Waals surface area contributed by atoms with Crippen molar-refractivity contribution in [2.45, 2.75) is 76.8 Å². The van der Waals surface area contributed by atoms with Crippen molar-refractivity contribution >= 4 is 5.91 Å². The van der Waals surface area contributed by atoms with Gasteiger partial charge in [0.15, 0.2) is 0 Å². The summed E-state index contributed by atoms with van der Waals surface area (Å²) in [6.07, 6.45) is 11.4. The number of hydrogen-bond donors (Lipinski definition) is 2. The first-order valence-corrected chi connectivity index (χ1v) is 7.78. The predicted molar refractivity (Wildman–Crippen MR) is 74.4 cm³/mol. The zero-order chi connectivity index (χ0) is 12.8. The molecule has 2 fully saturated rings. The van der Waals surface area contributed by atoms with E-state index in [4.69, 9.17) is 0 Å². The minimum atomic E-state index is 0.194. The van der Waals surface area contributed by atoms with Crippen LogP contribution in [0.25, 0.3) is 0 Å². The third-order valence-corrected chi connectivity index (χ3v) is 4.61. The summed E-state index contributed by atoms with van der Waals surface area (Å²) in [7, 11) is 0. The van der Waals surface area contributed by atoms with Crippen LogP contribution in [0.4, 0.5) is 0 Å². The SMILES string of the molecule is CC1CCCCC1NCC(=O)NC1CCCCC1. The molecule has 0 aromatic heterocycles. The number of hydrogen-bond acceptors (Lipinski definition) is 2. The van der Waals surface area contributed by atoms with Crippen LogP contribution in [-0.4, -0.2) is 24.5 Å². The number of nitrogens with one attached hydrogen (secondary N) is 2. The predicted octanol–water partition coefficient (Wildman–Crippen LogP) is 2.60. The third kappa shape index (κ3) is 4.27. The number of carbonyl (C=O) groups is 1. The van der Waals surface area contributed by atoms with E-state index < -0.39 is 0 Å². The van der Waals surface area contributed by atoms with Crippen LogP contribution in [0.1, 0.15) is 64.7 Å². The highest BCUT2D eigenvalue weighted by Crippen LogP contribution is 2.23. The average molecular weight is 252 g/mol. The van der Waals surface area contributed by atoms with Crippen molar-refractivity contribution in [1.29, 1.82) is 0 Å². The van der Waals surface area contributed by atoms with Gasteiger partial charge in [0.2, 0.25) is 5.91 Å². The van der Waals surface area contributed by atoms with Crippen molar-refractivity contribution in [3.05, 3.63) is 0 Å². The van der Waals surface area contributed by atoms with Gasteiger partial charge < -0.3 is 10.6 Å². The minimum absolute atomic E-state index is 0.194. The van der Waals surface area contributed by atoms with Gasteiger partial charge in [-0.1, -0.05) is 39.0 Å². The summed E-state index contributed by atoms with van der Waals surface area (Å²) in [5.41, 5.74) is 0. The molecule has 2 aliphatic rings. The van der Waals surface area contributed by atoms with E-state index >= 15 is 0 Å². The molecule has 0 aromatic carbocycles. The van der Waals surface area contributed by atoms with Gasteiger partial charge >= 0.3 is 0 Å². The Balaban J connectivity index is 1.64. The van der Waals surface area contributed by atoms with Gasteiger partial charge in [0.25, 0.3) is 0 Å². The molecule has 2 saturated carbocycles. The van der Waals surface area contributed by atoms with Crippen LogP contribution in [0.15, 0.2) is 0 Å². The molecule has 3 nitrogen and oxygen atoms in total. The van der Waals surface area contributed by atoms with E-state index in [9.17, 15) is 4.79 Å². The molecule has 0 spiro atoms. The maximum absolute atomic E-state index is 11.9. The number of rotatable bonds is 4. The lowest BCUT2D eigenvalue weighted by molar-refractivity contribution is -0.121. The molecular weight excluding hydrogens is 224 g/mol. The summed E-state index contributed by atoms with van der Waals surface area (Å²) in [5.74, 6) is 0.918. The molecule has 0 radical (unpaired) electrons. The molecule has 1 amide bonds. The third-order valence-electron chi connectivity index (χ3n) is 4.61. The molecule has 2 atom stereocenters. The van der Waals surface area contributed by atoms with E-state index in [0.29, 0.717) is 18.6 Å². The van der Waals surface area contributed by atoms with Gasteiger partial charge in [-0.25, -0.2) is 0 Å². The first-order chi connectivity index (χ1) is 8.75. The summed E-state index contributed by atoms with van der Waals surface area (Å²) < 4.78 is 0. The van der Waals surface area contributed by atoms with E-state index in [1.165, 1.54) is 57.8 Å². The summed E-state index contributed by atoms with van der Waals surface area (Å²) >= 11 is 0. The molecule has 0 bridgehead atoms. The van der Waals surface area contributed by atoms with Crippen LogP contribution < -0.4 is 10.6 Å². The van der Waals surface area contributed by atoms with Crippen LogP contribution in [0.2, 0.25) is 0 Å². The highest BCUT2D eigenvalue weighted by molar-refractivity contribution is 5.78. The quantitative estimate of drug-likeness (QED) is 0.807. The Hall–Kier alpha value is -0.570. The lowest BCUT2D eigenvalue weighted by atomic mass is 9.86. The Morgan fingerprint density at radius 1 is 1.00 bits per heavy atom. The van der Waals surface area contributed by atoms with E-state index in [1.807, 2.05) is 0 Å². The van der Waals surface area contributed by atoms with Gasteiger partial charge in [0.1, 0.15) is 0 Å². The molecule has 104 valence electrons. The van der Waals surface area contributed by atoms with E-state index in [0.717, 1.165) is 5.92 Å². The monoisotopic (exact) mass is 252 g/mol. The van der Waals surface area contributed by atoms with Crippen LogP contribution in [0, 0.1) is 5.92 Å². The number of carbonyl (C=O) groups excluding carboxylic acids is 1. The van der Waals surface area contributed by atoms with E-state index in [2.05, 4.69) is 17.6 Å². The summed E-state index contributed by atoms with van der Waals surface area (Å²) in [6.45, 7) is 2.81. The van der Waals surface area contributed by atoms with Gasteiger partial charge in [-0.15, -0.1) is 0 Å². The van der Waals surface area contributed by atoms with Gasteiger partial charge in [0.05, 0.1) is 6.54 Å². The van der Waals surface area contributed by atoms with Gasteiger partial charge in [-0.3, -0.25) is 4.79 Å². The lowest BCUT2D eigenvalue weighted by Crippen LogP contribution is -2.46. The summed E-state index contributed by atoms with van der Waals surface area (Å²) in [6, 6.07) is 0.993. The van der Waals surface area contributed by atoms with Crippen LogP contribution in [-0.2, 0) is 4.79 Å². The smallest absolute Gasteiger partial charge is 0.234 e. The molecule has 3 heteroatoms. The second-order valence-corrected chi connectivity index (χ2v) is 6.15. The Labute approximate surface area is 111 Å². The molecule has 0 saturated heterocycles. The standard InChI is InChI=1S/C15H28N2O/c1-12-7-5-6-10-14(12)16-11-15(18)17-13-8-3-2-4-9-13/h12-14,16H,2-11H2,1H3,(H,17,18). The fourth-order valence-electron chi connectivity index (χ4n) is 3.37. The van der Waals surface area contributed by atoms with E-state index in [-0.39, 0.29) is 5.91 Å². The van der Waals surface area contributed by atoms with Crippen molar-refractivity contribution in [3.8, 4) is 0 Å². The van der Waals surface area contributed by atoms with Crippen molar-refractivity contribution < 1.29 is 4.79 Å². The normalized spacial score (nSPS) is 30.1. The Kier molecular flexibility index (Phi) is 5.48. The summed E-state index contributed by atoms with van der Waals surface area (Å²) in [5, 5.41) is 6.62. The Bertz CT molecular complexity index is 261. The molecule has 18 heavy (non-hydrogen) atoms. The van der Waals surface area contributed by atoms with Crippen molar-refractivity contribution in [3.63, 3.8) is 0 Å². The molecule has 0 aromatic rings. The Morgan fingerprint density at radius 3 is 2.39 bits per heavy atom. The number of amides is 1. The van der Waals surface area contributed by atoms with Gasteiger partial charge in [0, 0.05) is 12.1 Å². The largest absolute Gasteiger partial charge is 0.352 e. The molecule has 0 heterocycles. The molecule has 2 rings (SSSR count). The van der Waals surface area contributed by atoms with E-state index in [1.54, 1.807) is 0 Å². The molecular formula is C15H28N2O. The average Bonchev–Trinajstić information content (AvgIpc) is 2.39. The summed E-state index contributed by atoms with van der Waals surface area (Å²) in [4.78, 5) is 11.9.